The second-order valence-electron chi connectivity index (χ2n) is 7.78. The third kappa shape index (κ3) is 4.54. The third-order valence-electron chi connectivity index (χ3n) is 5.85. The Morgan fingerprint density at radius 1 is 1.00 bits per heavy atom. The van der Waals surface area contributed by atoms with Crippen LogP contribution in [0, 0.1) is 11.8 Å². The number of amides is 1. The number of carbonyl (C=O) groups excluding carboxylic acids is 1. The molecule has 1 amide bonds. The van der Waals surface area contributed by atoms with Crippen molar-refractivity contribution in [3.8, 4) is 17.2 Å². The van der Waals surface area contributed by atoms with E-state index in [1.54, 1.807) is 12.1 Å². The first-order valence-electron chi connectivity index (χ1n) is 10.7. The van der Waals surface area contributed by atoms with E-state index in [0.29, 0.717) is 54.5 Å². The van der Waals surface area contributed by atoms with E-state index in [1.165, 1.54) is 6.42 Å². The number of carbonyl (C=O) groups is 1. The van der Waals surface area contributed by atoms with Crippen LogP contribution >= 0.6 is 0 Å². The largest absolute Gasteiger partial charge is 0.490 e. The van der Waals surface area contributed by atoms with Gasteiger partial charge in [0.1, 0.15) is 0 Å². The molecule has 0 aromatic heterocycles. The van der Waals surface area contributed by atoms with Crippen molar-refractivity contribution in [1.29, 1.82) is 0 Å². The first kappa shape index (κ1) is 20.8. The minimum atomic E-state index is -0.0812. The fourth-order valence-corrected chi connectivity index (χ4v) is 4.78. The Morgan fingerprint density at radius 2 is 1.54 bits per heavy atom. The number of fused-ring (bicyclic) bond motifs is 2. The van der Waals surface area contributed by atoms with Crippen LogP contribution in [0.15, 0.2) is 12.1 Å². The summed E-state index contributed by atoms with van der Waals surface area (Å²) in [6, 6.07) is 4.00. The molecule has 6 heteroatoms. The monoisotopic (exact) mass is 390 g/mol. The summed E-state index contributed by atoms with van der Waals surface area (Å²) < 4.78 is 17.2. The SMILES string of the molecule is CCOc1cc(C(=O)NC2C3CCCC2CC(N)C3)cc(OCC)c1OCC. The average molecular weight is 391 g/mol. The number of hydrogen-bond acceptors (Lipinski definition) is 5. The average Bonchev–Trinajstić information content (AvgIpc) is 2.65. The van der Waals surface area contributed by atoms with Gasteiger partial charge in [-0.15, -0.1) is 0 Å². The van der Waals surface area contributed by atoms with Gasteiger partial charge in [0, 0.05) is 17.6 Å². The van der Waals surface area contributed by atoms with Gasteiger partial charge < -0.3 is 25.3 Å². The van der Waals surface area contributed by atoms with E-state index in [4.69, 9.17) is 19.9 Å². The van der Waals surface area contributed by atoms with E-state index in [1.807, 2.05) is 20.8 Å². The van der Waals surface area contributed by atoms with Crippen LogP contribution in [-0.2, 0) is 0 Å². The second-order valence-corrected chi connectivity index (χ2v) is 7.78. The molecule has 156 valence electrons. The van der Waals surface area contributed by atoms with Crippen molar-refractivity contribution in [2.24, 2.45) is 17.6 Å². The summed E-state index contributed by atoms with van der Waals surface area (Å²) in [6.07, 6.45) is 5.53. The molecular weight excluding hydrogens is 356 g/mol. The Balaban J connectivity index is 1.84. The summed E-state index contributed by atoms with van der Waals surface area (Å²) >= 11 is 0. The first-order valence-corrected chi connectivity index (χ1v) is 10.7. The Labute approximate surface area is 168 Å². The van der Waals surface area contributed by atoms with Gasteiger partial charge in [-0.1, -0.05) is 6.42 Å². The van der Waals surface area contributed by atoms with Crippen LogP contribution in [0.25, 0.3) is 0 Å². The molecule has 2 saturated carbocycles. The number of benzene rings is 1. The molecule has 0 saturated heterocycles. The Hall–Kier alpha value is -1.95. The lowest BCUT2D eigenvalue weighted by atomic mass is 9.67. The highest BCUT2D eigenvalue weighted by Crippen LogP contribution is 2.41. The van der Waals surface area contributed by atoms with E-state index in [2.05, 4.69) is 5.32 Å². The maximum absolute atomic E-state index is 13.1. The summed E-state index contributed by atoms with van der Waals surface area (Å²) in [6.45, 7) is 7.21. The van der Waals surface area contributed by atoms with Crippen molar-refractivity contribution in [1.82, 2.24) is 5.32 Å². The minimum Gasteiger partial charge on any atom is -0.490 e. The van der Waals surface area contributed by atoms with Gasteiger partial charge in [-0.25, -0.2) is 0 Å². The molecule has 2 atom stereocenters. The van der Waals surface area contributed by atoms with Gasteiger partial charge in [-0.2, -0.15) is 0 Å². The van der Waals surface area contributed by atoms with Gasteiger partial charge in [0.2, 0.25) is 5.75 Å². The van der Waals surface area contributed by atoms with Gasteiger partial charge >= 0.3 is 0 Å². The van der Waals surface area contributed by atoms with Gasteiger partial charge in [0.15, 0.2) is 11.5 Å². The van der Waals surface area contributed by atoms with Crippen LogP contribution in [0.1, 0.15) is 63.2 Å². The number of rotatable bonds is 8. The maximum atomic E-state index is 13.1. The number of ether oxygens (including phenoxy) is 3. The molecule has 0 aliphatic heterocycles. The molecule has 3 N–H and O–H groups in total. The highest BCUT2D eigenvalue weighted by atomic mass is 16.5. The third-order valence-corrected chi connectivity index (χ3v) is 5.85. The number of nitrogens with two attached hydrogens (primary N) is 1. The first-order chi connectivity index (χ1) is 13.6. The standard InChI is InChI=1S/C22H34N2O4/c1-4-26-18-12-16(13-19(27-5-2)21(18)28-6-3)22(25)24-20-14-8-7-9-15(20)11-17(23)10-14/h12-15,17,20H,4-11,23H2,1-3H3,(H,24,25). The molecule has 0 spiro atoms. The Kier molecular flexibility index (Phi) is 7.05. The molecule has 3 rings (SSSR count). The van der Waals surface area contributed by atoms with Crippen LogP contribution in [0.5, 0.6) is 17.2 Å². The van der Waals surface area contributed by atoms with Crippen LogP contribution in [-0.4, -0.2) is 37.8 Å². The fraction of sp³-hybridized carbons (Fsp3) is 0.682. The van der Waals surface area contributed by atoms with Gasteiger partial charge in [0.25, 0.3) is 5.91 Å². The predicted octanol–water partition coefficient (Wildman–Crippen LogP) is 3.52. The molecule has 2 fully saturated rings. The maximum Gasteiger partial charge on any atom is 0.251 e. The zero-order valence-corrected chi connectivity index (χ0v) is 17.3. The van der Waals surface area contributed by atoms with Crippen LogP contribution in [0.4, 0.5) is 0 Å². The zero-order chi connectivity index (χ0) is 20.1. The summed E-state index contributed by atoms with van der Waals surface area (Å²) in [5.41, 5.74) is 6.77. The van der Waals surface area contributed by atoms with Crippen molar-refractivity contribution in [2.45, 2.75) is 65.0 Å². The van der Waals surface area contributed by atoms with Crippen molar-refractivity contribution in [3.05, 3.63) is 17.7 Å². The van der Waals surface area contributed by atoms with E-state index < -0.39 is 0 Å². The topological polar surface area (TPSA) is 82.8 Å². The van der Waals surface area contributed by atoms with E-state index >= 15 is 0 Å². The van der Waals surface area contributed by atoms with Crippen molar-refractivity contribution in [2.75, 3.05) is 19.8 Å². The van der Waals surface area contributed by atoms with E-state index in [-0.39, 0.29) is 18.0 Å². The lowest BCUT2D eigenvalue weighted by Crippen LogP contribution is -2.53. The molecule has 0 heterocycles. The Morgan fingerprint density at radius 3 is 2.04 bits per heavy atom. The van der Waals surface area contributed by atoms with Crippen molar-refractivity contribution < 1.29 is 19.0 Å². The summed E-state index contributed by atoms with van der Waals surface area (Å²) in [5, 5.41) is 3.30. The van der Waals surface area contributed by atoms with Crippen LogP contribution in [0.2, 0.25) is 0 Å². The van der Waals surface area contributed by atoms with Gasteiger partial charge in [-0.05, 0) is 70.4 Å². The van der Waals surface area contributed by atoms with Crippen LogP contribution in [0.3, 0.4) is 0 Å². The molecule has 28 heavy (non-hydrogen) atoms. The highest BCUT2D eigenvalue weighted by molar-refractivity contribution is 5.96. The number of nitrogens with one attached hydrogen (secondary N) is 1. The molecule has 2 unspecified atom stereocenters. The molecule has 2 bridgehead atoms. The normalized spacial score (nSPS) is 26.4. The van der Waals surface area contributed by atoms with Gasteiger partial charge in [-0.3, -0.25) is 4.79 Å². The lowest BCUT2D eigenvalue weighted by molar-refractivity contribution is 0.0755. The smallest absolute Gasteiger partial charge is 0.251 e. The van der Waals surface area contributed by atoms with Crippen LogP contribution < -0.4 is 25.3 Å². The fourth-order valence-electron chi connectivity index (χ4n) is 4.78. The summed E-state index contributed by atoms with van der Waals surface area (Å²) in [7, 11) is 0. The quantitative estimate of drug-likeness (QED) is 0.710. The van der Waals surface area contributed by atoms with E-state index in [0.717, 1.165) is 25.7 Å². The molecule has 1 aromatic rings. The summed E-state index contributed by atoms with van der Waals surface area (Å²) in [4.78, 5) is 13.1. The number of hydrogen-bond donors (Lipinski definition) is 2. The highest BCUT2D eigenvalue weighted by Gasteiger charge is 2.40. The molecule has 1 aromatic carbocycles. The van der Waals surface area contributed by atoms with E-state index in [9.17, 15) is 4.79 Å². The Bertz CT molecular complexity index is 637. The molecule has 2 aliphatic carbocycles. The zero-order valence-electron chi connectivity index (χ0n) is 17.3. The second kappa shape index (κ2) is 9.50. The molecular formula is C22H34N2O4. The molecule has 2 aliphatic rings. The van der Waals surface area contributed by atoms with Crippen molar-refractivity contribution in [3.63, 3.8) is 0 Å². The minimum absolute atomic E-state index is 0.0812. The lowest BCUT2D eigenvalue weighted by Gasteiger charge is -2.45. The van der Waals surface area contributed by atoms with Gasteiger partial charge in [0.05, 0.1) is 19.8 Å². The van der Waals surface area contributed by atoms with Crippen molar-refractivity contribution >= 4 is 5.91 Å². The molecule has 0 radical (unpaired) electrons. The predicted molar refractivity (Wildman–Crippen MR) is 109 cm³/mol. The molecule has 6 nitrogen and oxygen atoms in total. The summed E-state index contributed by atoms with van der Waals surface area (Å²) in [5.74, 6) is 2.53.